The van der Waals surface area contributed by atoms with Crippen LogP contribution in [0.5, 0.6) is 17.2 Å². The predicted octanol–water partition coefficient (Wildman–Crippen LogP) is 3.30. The Morgan fingerprint density at radius 2 is 1.73 bits per heavy atom. The Morgan fingerprint density at radius 1 is 1.05 bits per heavy atom. The molecule has 22 heavy (non-hydrogen) atoms. The highest BCUT2D eigenvalue weighted by Crippen LogP contribution is 2.32. The molecule has 0 amide bonds. The van der Waals surface area contributed by atoms with Crippen LogP contribution < -0.4 is 4.74 Å². The second-order valence-corrected chi connectivity index (χ2v) is 5.00. The molecule has 0 atom stereocenters. The maximum Gasteiger partial charge on any atom is 0.342 e. The lowest BCUT2D eigenvalue weighted by atomic mass is 10.1. The molecule has 5 nitrogen and oxygen atoms in total. The molecule has 0 aliphatic carbocycles. The zero-order chi connectivity index (χ0) is 16.1. The first-order chi connectivity index (χ1) is 10.5. The minimum Gasteiger partial charge on any atom is -0.504 e. The van der Waals surface area contributed by atoms with Crippen molar-refractivity contribution in [3.63, 3.8) is 0 Å². The van der Waals surface area contributed by atoms with Gasteiger partial charge in [0.1, 0.15) is 24.5 Å². The highest BCUT2D eigenvalue weighted by Gasteiger charge is 2.17. The number of phenolic OH excluding ortho intramolecular Hbond substituents is 2. The quantitative estimate of drug-likeness (QED) is 0.502. The zero-order valence-corrected chi connectivity index (χ0v) is 12.6. The topological polar surface area (TPSA) is 76.0 Å². The number of esters is 1. The highest BCUT2D eigenvalue weighted by atomic mass is 35.5. The van der Waals surface area contributed by atoms with Gasteiger partial charge in [-0.05, 0) is 42.8 Å². The molecule has 0 unspecified atom stereocenters. The van der Waals surface area contributed by atoms with Crippen molar-refractivity contribution in [2.75, 3.05) is 13.2 Å². The van der Waals surface area contributed by atoms with E-state index in [0.29, 0.717) is 16.3 Å². The lowest BCUT2D eigenvalue weighted by Gasteiger charge is -2.09. The van der Waals surface area contributed by atoms with Crippen LogP contribution in [-0.4, -0.2) is 29.4 Å². The van der Waals surface area contributed by atoms with Crippen molar-refractivity contribution >= 4 is 17.6 Å². The smallest absolute Gasteiger partial charge is 0.342 e. The summed E-state index contributed by atoms with van der Waals surface area (Å²) in [5, 5.41) is 19.9. The number of rotatable bonds is 5. The van der Waals surface area contributed by atoms with E-state index in [1.165, 1.54) is 12.1 Å². The van der Waals surface area contributed by atoms with Crippen molar-refractivity contribution in [1.82, 2.24) is 0 Å². The van der Waals surface area contributed by atoms with Crippen LogP contribution in [-0.2, 0) is 4.74 Å². The Kier molecular flexibility index (Phi) is 5.12. The van der Waals surface area contributed by atoms with Crippen molar-refractivity contribution < 1.29 is 24.5 Å². The molecule has 2 aromatic carbocycles. The highest BCUT2D eigenvalue weighted by molar-refractivity contribution is 6.30. The summed E-state index contributed by atoms with van der Waals surface area (Å²) in [7, 11) is 0. The van der Waals surface area contributed by atoms with Gasteiger partial charge in [0.25, 0.3) is 0 Å². The monoisotopic (exact) mass is 322 g/mol. The minimum atomic E-state index is -0.729. The summed E-state index contributed by atoms with van der Waals surface area (Å²) in [5.74, 6) is -0.931. The van der Waals surface area contributed by atoms with Gasteiger partial charge in [-0.2, -0.15) is 0 Å². The van der Waals surface area contributed by atoms with Gasteiger partial charge >= 0.3 is 5.97 Å². The Bertz CT molecular complexity index is 667. The van der Waals surface area contributed by atoms with Crippen molar-refractivity contribution in [3.05, 3.63) is 52.5 Å². The van der Waals surface area contributed by atoms with Gasteiger partial charge in [0.2, 0.25) is 0 Å². The van der Waals surface area contributed by atoms with Gasteiger partial charge in [0, 0.05) is 5.02 Å². The second kappa shape index (κ2) is 7.04. The summed E-state index contributed by atoms with van der Waals surface area (Å²) >= 11 is 5.75. The molecule has 0 heterocycles. The third-order valence-electron chi connectivity index (χ3n) is 2.97. The summed E-state index contributed by atoms with van der Waals surface area (Å²) in [6.45, 7) is 1.78. The number of aromatic hydroxyl groups is 2. The average Bonchev–Trinajstić information content (AvgIpc) is 2.51. The molecule has 0 aliphatic heterocycles. The SMILES string of the molecule is Cc1ccc(C(=O)OCCOc2ccc(Cl)cc2)c(O)c1O. The fourth-order valence-corrected chi connectivity index (χ4v) is 1.87. The Balaban J connectivity index is 1.85. The average molecular weight is 323 g/mol. The number of carbonyl (C=O) groups is 1. The van der Waals surface area contributed by atoms with Crippen LogP contribution in [0.15, 0.2) is 36.4 Å². The van der Waals surface area contributed by atoms with Crippen molar-refractivity contribution in [1.29, 1.82) is 0 Å². The standard InChI is InChI=1S/C16H15ClO5/c1-10-2-7-13(15(19)14(10)18)16(20)22-9-8-21-12-5-3-11(17)4-6-12/h2-7,18-19H,8-9H2,1H3. The fraction of sp³-hybridized carbons (Fsp3) is 0.188. The molecule has 0 radical (unpaired) electrons. The molecule has 116 valence electrons. The van der Waals surface area contributed by atoms with E-state index in [9.17, 15) is 15.0 Å². The van der Waals surface area contributed by atoms with Gasteiger partial charge in [-0.25, -0.2) is 4.79 Å². The van der Waals surface area contributed by atoms with Gasteiger partial charge in [0.15, 0.2) is 11.5 Å². The number of phenols is 2. The van der Waals surface area contributed by atoms with E-state index in [1.807, 2.05) is 0 Å². The molecular weight excluding hydrogens is 308 g/mol. The first-order valence-electron chi connectivity index (χ1n) is 6.56. The van der Waals surface area contributed by atoms with Gasteiger partial charge in [-0.1, -0.05) is 17.7 Å². The van der Waals surface area contributed by atoms with Gasteiger partial charge in [-0.3, -0.25) is 0 Å². The number of hydrogen-bond acceptors (Lipinski definition) is 5. The van der Waals surface area contributed by atoms with Crippen LogP contribution in [0.25, 0.3) is 0 Å². The molecule has 2 rings (SSSR count). The lowest BCUT2D eigenvalue weighted by molar-refractivity contribution is 0.0446. The molecule has 0 spiro atoms. The first kappa shape index (κ1) is 16.0. The number of halogens is 1. The number of hydrogen-bond donors (Lipinski definition) is 2. The predicted molar refractivity (Wildman–Crippen MR) is 81.7 cm³/mol. The van der Waals surface area contributed by atoms with E-state index in [-0.39, 0.29) is 24.5 Å². The van der Waals surface area contributed by atoms with Crippen LogP contribution in [0.1, 0.15) is 15.9 Å². The van der Waals surface area contributed by atoms with Crippen molar-refractivity contribution in [3.8, 4) is 17.2 Å². The Hall–Kier alpha value is -2.40. The number of ether oxygens (including phenoxy) is 2. The van der Waals surface area contributed by atoms with Gasteiger partial charge < -0.3 is 19.7 Å². The third kappa shape index (κ3) is 3.83. The van der Waals surface area contributed by atoms with Crippen LogP contribution in [0, 0.1) is 6.92 Å². The molecule has 0 saturated carbocycles. The zero-order valence-electron chi connectivity index (χ0n) is 11.9. The number of aryl methyl sites for hydroxylation is 1. The van der Waals surface area contributed by atoms with Crippen molar-refractivity contribution in [2.24, 2.45) is 0 Å². The lowest BCUT2D eigenvalue weighted by Crippen LogP contribution is -2.12. The maximum atomic E-state index is 11.8. The Labute approximate surface area is 132 Å². The molecule has 0 aromatic heterocycles. The molecule has 0 saturated heterocycles. The Morgan fingerprint density at radius 3 is 2.41 bits per heavy atom. The van der Waals surface area contributed by atoms with Crippen LogP contribution in [0.4, 0.5) is 0 Å². The second-order valence-electron chi connectivity index (χ2n) is 4.57. The molecule has 0 aliphatic rings. The molecule has 2 aromatic rings. The largest absolute Gasteiger partial charge is 0.504 e. The molecule has 6 heteroatoms. The van der Waals surface area contributed by atoms with Crippen LogP contribution in [0.3, 0.4) is 0 Å². The molecule has 0 fully saturated rings. The molecule has 0 bridgehead atoms. The maximum absolute atomic E-state index is 11.8. The van der Waals surface area contributed by atoms with Gasteiger partial charge in [-0.15, -0.1) is 0 Å². The van der Waals surface area contributed by atoms with E-state index in [0.717, 1.165) is 0 Å². The summed E-state index contributed by atoms with van der Waals surface area (Å²) in [6, 6.07) is 9.71. The van der Waals surface area contributed by atoms with E-state index in [2.05, 4.69) is 0 Å². The normalized spacial score (nSPS) is 10.3. The van der Waals surface area contributed by atoms with Crippen LogP contribution in [0.2, 0.25) is 5.02 Å². The van der Waals surface area contributed by atoms with Crippen molar-refractivity contribution in [2.45, 2.75) is 6.92 Å². The summed E-state index contributed by atoms with van der Waals surface area (Å²) in [4.78, 5) is 11.8. The number of benzene rings is 2. The van der Waals surface area contributed by atoms with E-state index < -0.39 is 11.7 Å². The van der Waals surface area contributed by atoms with Gasteiger partial charge in [0.05, 0.1) is 0 Å². The minimum absolute atomic E-state index is 0.00946. The fourth-order valence-electron chi connectivity index (χ4n) is 1.75. The third-order valence-corrected chi connectivity index (χ3v) is 3.22. The first-order valence-corrected chi connectivity index (χ1v) is 6.94. The molecular formula is C16H15ClO5. The summed E-state index contributed by atoms with van der Waals surface area (Å²) in [6.07, 6.45) is 0. The van der Waals surface area contributed by atoms with E-state index in [4.69, 9.17) is 21.1 Å². The van der Waals surface area contributed by atoms with E-state index in [1.54, 1.807) is 31.2 Å². The number of carbonyl (C=O) groups excluding carboxylic acids is 1. The van der Waals surface area contributed by atoms with E-state index >= 15 is 0 Å². The summed E-state index contributed by atoms with van der Waals surface area (Å²) < 4.78 is 10.4. The van der Waals surface area contributed by atoms with Crippen LogP contribution >= 0.6 is 11.6 Å². The molecule has 2 N–H and O–H groups in total. The summed E-state index contributed by atoms with van der Waals surface area (Å²) in [5.41, 5.74) is 0.384.